The summed E-state index contributed by atoms with van der Waals surface area (Å²) in [5.41, 5.74) is 4.94. The number of amides is 2. The van der Waals surface area contributed by atoms with Gasteiger partial charge in [0.15, 0.2) is 0 Å². The fourth-order valence-electron chi connectivity index (χ4n) is 4.36. The Morgan fingerprint density at radius 1 is 0.972 bits per heavy atom. The summed E-state index contributed by atoms with van der Waals surface area (Å²) in [6.07, 6.45) is 0.914. The molecule has 1 atom stereocenters. The Morgan fingerprint density at radius 3 is 2.28 bits per heavy atom. The van der Waals surface area contributed by atoms with Crippen LogP contribution in [-0.2, 0) is 22.6 Å². The van der Waals surface area contributed by atoms with Crippen LogP contribution in [0.25, 0.3) is 0 Å². The van der Waals surface area contributed by atoms with E-state index in [1.165, 1.54) is 35.4 Å². The van der Waals surface area contributed by atoms with Gasteiger partial charge < -0.3 is 15.5 Å². The van der Waals surface area contributed by atoms with E-state index in [2.05, 4.69) is 45.9 Å². The Morgan fingerprint density at radius 2 is 1.64 bits per heavy atom. The van der Waals surface area contributed by atoms with E-state index in [0.717, 1.165) is 30.8 Å². The first-order chi connectivity index (χ1) is 17.3. The molecule has 1 aliphatic heterocycles. The molecule has 0 aromatic heterocycles. The van der Waals surface area contributed by atoms with Gasteiger partial charge in [0, 0.05) is 57.2 Å². The predicted octanol–water partition coefficient (Wildman–Crippen LogP) is 3.52. The highest BCUT2D eigenvalue weighted by Gasteiger charge is 2.26. The zero-order valence-electron chi connectivity index (χ0n) is 20.3. The topological polar surface area (TPSA) is 108 Å². The number of carbonyl (C=O) groups excluding carboxylic acids is 2. The molecule has 0 saturated heterocycles. The molecule has 9 nitrogen and oxygen atoms in total. The van der Waals surface area contributed by atoms with Crippen LogP contribution in [0.3, 0.4) is 0 Å². The second-order valence-corrected chi connectivity index (χ2v) is 8.96. The minimum Gasteiger partial charge on any atom is -0.378 e. The lowest BCUT2D eigenvalue weighted by molar-refractivity contribution is -0.384. The summed E-state index contributed by atoms with van der Waals surface area (Å²) in [6, 6.07) is 21.8. The van der Waals surface area contributed by atoms with Gasteiger partial charge in [0.2, 0.25) is 0 Å². The van der Waals surface area contributed by atoms with Gasteiger partial charge in [-0.1, -0.05) is 36.4 Å². The number of nitrogens with zero attached hydrogens (tertiary/aromatic N) is 3. The number of non-ortho nitro benzene ring substituents is 1. The predicted molar refractivity (Wildman–Crippen MR) is 139 cm³/mol. The lowest BCUT2D eigenvalue weighted by atomic mass is 9.96. The van der Waals surface area contributed by atoms with Crippen LogP contribution in [0.15, 0.2) is 72.8 Å². The van der Waals surface area contributed by atoms with Crippen LogP contribution in [-0.4, -0.2) is 48.8 Å². The Labute approximate surface area is 209 Å². The molecule has 0 radical (unpaired) electrons. The highest BCUT2D eigenvalue weighted by molar-refractivity contribution is 6.39. The Kier molecular flexibility index (Phi) is 7.60. The molecular formula is C27H29N5O4. The number of rotatable bonds is 7. The molecule has 0 aliphatic carbocycles. The van der Waals surface area contributed by atoms with Crippen molar-refractivity contribution < 1.29 is 14.5 Å². The fraction of sp³-hybridized carbons (Fsp3) is 0.259. The minimum absolute atomic E-state index is 0.0938. The molecule has 4 rings (SSSR count). The van der Waals surface area contributed by atoms with Gasteiger partial charge in [-0.25, -0.2) is 0 Å². The number of fused-ring (bicyclic) bond motifs is 1. The summed E-state index contributed by atoms with van der Waals surface area (Å²) in [7, 11) is 3.97. The molecule has 9 heteroatoms. The smallest absolute Gasteiger partial charge is 0.313 e. The molecule has 2 amide bonds. The molecule has 186 valence electrons. The number of anilines is 2. The average Bonchev–Trinajstić information content (AvgIpc) is 2.89. The van der Waals surface area contributed by atoms with E-state index in [1.807, 2.05) is 37.2 Å². The molecule has 0 fully saturated rings. The monoisotopic (exact) mass is 487 g/mol. The van der Waals surface area contributed by atoms with E-state index in [0.29, 0.717) is 5.69 Å². The zero-order valence-corrected chi connectivity index (χ0v) is 20.3. The third-order valence-electron chi connectivity index (χ3n) is 6.39. The molecule has 1 heterocycles. The van der Waals surface area contributed by atoms with E-state index in [4.69, 9.17) is 0 Å². The standard InChI is InChI=1S/C27H29N5O4/c1-30(2)23-11-7-20(8-12-23)25(31-16-15-19-5-3-4-6-21(19)18-31)17-28-26(33)27(34)29-22-9-13-24(14-10-22)32(35)36/h3-14,25H,15-18H2,1-2H3,(H,28,33)(H,29,34)/t25-/m1/s1. The first kappa shape index (κ1) is 24.9. The van der Waals surface area contributed by atoms with Crippen molar-refractivity contribution in [3.8, 4) is 0 Å². The summed E-state index contributed by atoms with van der Waals surface area (Å²) in [6.45, 7) is 1.85. The van der Waals surface area contributed by atoms with Gasteiger partial charge >= 0.3 is 11.8 Å². The van der Waals surface area contributed by atoms with Crippen molar-refractivity contribution in [1.29, 1.82) is 0 Å². The van der Waals surface area contributed by atoms with Crippen LogP contribution in [0.5, 0.6) is 0 Å². The van der Waals surface area contributed by atoms with Crippen LogP contribution >= 0.6 is 0 Å². The van der Waals surface area contributed by atoms with Crippen LogP contribution in [0.2, 0.25) is 0 Å². The first-order valence-electron chi connectivity index (χ1n) is 11.7. The minimum atomic E-state index is -0.824. The maximum absolute atomic E-state index is 12.6. The molecule has 0 unspecified atom stereocenters. The second-order valence-electron chi connectivity index (χ2n) is 8.96. The number of carbonyl (C=O) groups is 2. The summed E-state index contributed by atoms with van der Waals surface area (Å²) >= 11 is 0. The van der Waals surface area contributed by atoms with Gasteiger partial charge in [-0.2, -0.15) is 0 Å². The molecule has 0 bridgehead atoms. The second kappa shape index (κ2) is 11.0. The van der Waals surface area contributed by atoms with Gasteiger partial charge in [-0.3, -0.25) is 24.6 Å². The average molecular weight is 488 g/mol. The van der Waals surface area contributed by atoms with Gasteiger partial charge in [-0.15, -0.1) is 0 Å². The van der Waals surface area contributed by atoms with Crippen molar-refractivity contribution in [2.24, 2.45) is 0 Å². The fourth-order valence-corrected chi connectivity index (χ4v) is 4.36. The van der Waals surface area contributed by atoms with Crippen LogP contribution in [0.1, 0.15) is 22.7 Å². The molecule has 3 aromatic rings. The van der Waals surface area contributed by atoms with Gasteiger partial charge in [0.05, 0.1) is 11.0 Å². The van der Waals surface area contributed by atoms with Crippen molar-refractivity contribution in [2.75, 3.05) is 37.4 Å². The van der Waals surface area contributed by atoms with Crippen molar-refractivity contribution in [2.45, 2.75) is 19.0 Å². The summed E-state index contributed by atoms with van der Waals surface area (Å²) < 4.78 is 0. The Hall–Kier alpha value is -4.24. The summed E-state index contributed by atoms with van der Waals surface area (Å²) in [5, 5.41) is 16.1. The van der Waals surface area contributed by atoms with Crippen molar-refractivity contribution in [3.05, 3.63) is 99.6 Å². The lowest BCUT2D eigenvalue weighted by Crippen LogP contribution is -2.43. The number of benzene rings is 3. The van der Waals surface area contributed by atoms with Gasteiger partial charge in [-0.05, 0) is 47.4 Å². The molecule has 0 spiro atoms. The SMILES string of the molecule is CN(C)c1ccc([C@@H](CNC(=O)C(=O)Nc2ccc([N+](=O)[O-])cc2)N2CCc3ccccc3C2)cc1. The first-order valence-corrected chi connectivity index (χ1v) is 11.7. The number of nitro groups is 1. The summed E-state index contributed by atoms with van der Waals surface area (Å²) in [5.74, 6) is -1.59. The van der Waals surface area contributed by atoms with Gasteiger partial charge in [0.1, 0.15) is 0 Å². The van der Waals surface area contributed by atoms with E-state index in [1.54, 1.807) is 0 Å². The molecular weight excluding hydrogens is 458 g/mol. The maximum atomic E-state index is 12.6. The van der Waals surface area contributed by atoms with E-state index >= 15 is 0 Å². The Bertz CT molecular complexity index is 1240. The molecule has 3 aromatic carbocycles. The third kappa shape index (κ3) is 5.87. The zero-order chi connectivity index (χ0) is 25.7. The number of hydrogen-bond acceptors (Lipinski definition) is 6. The van der Waals surface area contributed by atoms with Crippen LogP contribution < -0.4 is 15.5 Å². The van der Waals surface area contributed by atoms with Crippen molar-refractivity contribution in [1.82, 2.24) is 10.2 Å². The van der Waals surface area contributed by atoms with Crippen molar-refractivity contribution in [3.63, 3.8) is 0 Å². The van der Waals surface area contributed by atoms with E-state index in [9.17, 15) is 19.7 Å². The molecule has 36 heavy (non-hydrogen) atoms. The van der Waals surface area contributed by atoms with Crippen LogP contribution in [0.4, 0.5) is 17.1 Å². The van der Waals surface area contributed by atoms with E-state index < -0.39 is 16.7 Å². The normalized spacial score (nSPS) is 13.8. The van der Waals surface area contributed by atoms with Gasteiger partial charge in [0.25, 0.3) is 5.69 Å². The van der Waals surface area contributed by atoms with E-state index in [-0.39, 0.29) is 18.3 Å². The number of hydrogen-bond donors (Lipinski definition) is 2. The summed E-state index contributed by atoms with van der Waals surface area (Å²) in [4.78, 5) is 39.7. The Balaban J connectivity index is 1.46. The maximum Gasteiger partial charge on any atom is 0.313 e. The number of nitro benzene ring substituents is 1. The van der Waals surface area contributed by atoms with Crippen molar-refractivity contribution >= 4 is 28.9 Å². The molecule has 1 aliphatic rings. The highest BCUT2D eigenvalue weighted by atomic mass is 16.6. The highest BCUT2D eigenvalue weighted by Crippen LogP contribution is 2.28. The quantitative estimate of drug-likeness (QED) is 0.300. The van der Waals surface area contributed by atoms with Crippen LogP contribution in [0, 0.1) is 10.1 Å². The largest absolute Gasteiger partial charge is 0.378 e. The molecule has 0 saturated carbocycles. The lowest BCUT2D eigenvalue weighted by Gasteiger charge is -2.36. The number of nitrogens with one attached hydrogen (secondary N) is 2. The third-order valence-corrected chi connectivity index (χ3v) is 6.39. The molecule has 2 N–H and O–H groups in total.